The van der Waals surface area contributed by atoms with Gasteiger partial charge in [0.25, 0.3) is 11.5 Å². The summed E-state index contributed by atoms with van der Waals surface area (Å²) < 4.78 is 7.23. The molecule has 0 saturated carbocycles. The van der Waals surface area contributed by atoms with Crippen LogP contribution >= 0.6 is 11.6 Å². The van der Waals surface area contributed by atoms with Crippen molar-refractivity contribution in [1.82, 2.24) is 30.2 Å². The molecule has 0 spiro atoms. The maximum Gasteiger partial charge on any atom is 0.264 e. The number of aromatic amines is 1. The number of ether oxygens (including phenoxy) is 1. The number of halogens is 1. The third kappa shape index (κ3) is 5.62. The molecule has 4 N–H and O–H groups in total. The summed E-state index contributed by atoms with van der Waals surface area (Å²) in [5.74, 6) is -0.0689. The van der Waals surface area contributed by atoms with E-state index in [-0.39, 0.29) is 33.8 Å². The Hall–Kier alpha value is -4.58. The number of hydrogen-bond donors (Lipinski definition) is 4. The smallest absolute Gasteiger partial charge is 0.264 e. The van der Waals surface area contributed by atoms with Gasteiger partial charge in [-0.05, 0) is 31.5 Å². The number of carbonyl (C=O) groups is 1. The Morgan fingerprint density at radius 3 is 2.74 bits per heavy atom. The third-order valence-corrected chi connectivity index (χ3v) is 7.91. The summed E-state index contributed by atoms with van der Waals surface area (Å²) in [6.45, 7) is 4.41. The SMILES string of the molecule is CC(Nc1ncnc2[nH]ccc(=O)c12)c1c(Cl)c2cccc(C(=O)NCCC3CNCCO3)c2c(=O)n1-c1ccccc1. The standard InChI is InChI=1S/C31H30ClN7O4/c1-18(38-29-25-23(40)11-13-34-28(25)36-17-37-29)27-26(32)21-8-5-9-22(30(41)35-12-10-20-16-33-14-15-43-20)24(21)31(42)39(27)19-6-3-2-4-7-19/h2-9,11,13,17-18,20,33H,10,12,14-16H2,1H3,(H,35,41)(H2,34,36,37,38,40). The lowest BCUT2D eigenvalue weighted by molar-refractivity contribution is 0.0239. The highest BCUT2D eigenvalue weighted by Crippen LogP contribution is 2.34. The normalized spacial score (nSPS) is 15.8. The fourth-order valence-electron chi connectivity index (χ4n) is 5.47. The second kappa shape index (κ2) is 12.3. The van der Waals surface area contributed by atoms with Crippen LogP contribution in [-0.2, 0) is 4.74 Å². The van der Waals surface area contributed by atoms with E-state index in [0.717, 1.165) is 13.1 Å². The van der Waals surface area contributed by atoms with E-state index in [1.54, 1.807) is 30.3 Å². The molecule has 6 rings (SSSR count). The molecule has 2 atom stereocenters. The van der Waals surface area contributed by atoms with E-state index in [9.17, 15) is 14.4 Å². The molecule has 43 heavy (non-hydrogen) atoms. The van der Waals surface area contributed by atoms with Crippen molar-refractivity contribution < 1.29 is 9.53 Å². The van der Waals surface area contributed by atoms with Crippen molar-refractivity contribution in [1.29, 1.82) is 0 Å². The number of benzene rings is 2. The van der Waals surface area contributed by atoms with Gasteiger partial charge in [0.05, 0.1) is 40.4 Å². The molecule has 220 valence electrons. The van der Waals surface area contributed by atoms with Crippen molar-refractivity contribution >= 4 is 45.1 Å². The monoisotopic (exact) mass is 599 g/mol. The van der Waals surface area contributed by atoms with Crippen molar-refractivity contribution in [3.63, 3.8) is 0 Å². The Balaban J connectivity index is 1.43. The highest BCUT2D eigenvalue weighted by molar-refractivity contribution is 6.36. The van der Waals surface area contributed by atoms with Crippen molar-refractivity contribution in [2.75, 3.05) is 31.6 Å². The number of amides is 1. The predicted molar refractivity (Wildman–Crippen MR) is 166 cm³/mol. The Morgan fingerprint density at radius 1 is 1.12 bits per heavy atom. The van der Waals surface area contributed by atoms with Crippen LogP contribution in [0.2, 0.25) is 5.02 Å². The minimum Gasteiger partial charge on any atom is -0.376 e. The number of nitrogens with zero attached hydrogens (tertiary/aromatic N) is 3. The van der Waals surface area contributed by atoms with Crippen LogP contribution < -0.4 is 26.9 Å². The minimum absolute atomic E-state index is 0.0189. The van der Waals surface area contributed by atoms with Gasteiger partial charge < -0.3 is 25.7 Å². The molecule has 2 aromatic carbocycles. The van der Waals surface area contributed by atoms with Gasteiger partial charge in [-0.2, -0.15) is 0 Å². The zero-order chi connectivity index (χ0) is 29.9. The van der Waals surface area contributed by atoms with Gasteiger partial charge >= 0.3 is 0 Å². The first kappa shape index (κ1) is 28.5. The topological polar surface area (TPSA) is 143 Å². The molecule has 5 aromatic rings. The molecule has 1 fully saturated rings. The average Bonchev–Trinajstić information content (AvgIpc) is 3.03. The Kier molecular flexibility index (Phi) is 8.19. The molecule has 1 amide bonds. The number of aromatic nitrogens is 4. The summed E-state index contributed by atoms with van der Waals surface area (Å²) in [6, 6.07) is 15.0. The van der Waals surface area contributed by atoms with Crippen LogP contribution in [-0.4, -0.2) is 57.8 Å². The number of H-pyrrole nitrogens is 1. The number of carbonyl (C=O) groups excluding carboxylic acids is 1. The Labute approximate surface area is 251 Å². The third-order valence-electron chi connectivity index (χ3n) is 7.51. The first-order valence-electron chi connectivity index (χ1n) is 14.1. The van der Waals surface area contributed by atoms with Crippen LogP contribution in [0, 0.1) is 0 Å². The molecule has 3 aromatic heterocycles. The number of anilines is 1. The molecule has 1 aliphatic heterocycles. The zero-order valence-electron chi connectivity index (χ0n) is 23.4. The van der Waals surface area contributed by atoms with Gasteiger partial charge in [-0.1, -0.05) is 41.9 Å². The molecule has 0 aliphatic carbocycles. The maximum atomic E-state index is 14.4. The van der Waals surface area contributed by atoms with E-state index in [4.69, 9.17) is 16.3 Å². The highest BCUT2D eigenvalue weighted by Gasteiger charge is 2.25. The molecule has 0 bridgehead atoms. The predicted octanol–water partition coefficient (Wildman–Crippen LogP) is 3.56. The fraction of sp³-hybridized carbons (Fsp3) is 0.258. The van der Waals surface area contributed by atoms with E-state index in [0.29, 0.717) is 52.8 Å². The van der Waals surface area contributed by atoms with E-state index in [2.05, 4.69) is 30.9 Å². The van der Waals surface area contributed by atoms with E-state index < -0.39 is 11.6 Å². The summed E-state index contributed by atoms with van der Waals surface area (Å²) >= 11 is 7.11. The molecular formula is C31H30ClN7O4. The summed E-state index contributed by atoms with van der Waals surface area (Å²) in [6.07, 6.45) is 3.53. The van der Waals surface area contributed by atoms with Crippen LogP contribution in [0.4, 0.5) is 5.82 Å². The van der Waals surface area contributed by atoms with Crippen molar-refractivity contribution in [3.05, 3.63) is 104 Å². The van der Waals surface area contributed by atoms with Gasteiger partial charge in [0, 0.05) is 43.0 Å². The number of para-hydroxylation sites is 1. The van der Waals surface area contributed by atoms with Crippen molar-refractivity contribution in [3.8, 4) is 5.69 Å². The molecule has 0 radical (unpaired) electrons. The largest absolute Gasteiger partial charge is 0.376 e. The summed E-state index contributed by atoms with van der Waals surface area (Å²) in [5.41, 5.74) is 0.981. The second-order valence-corrected chi connectivity index (χ2v) is 10.7. The van der Waals surface area contributed by atoms with Crippen molar-refractivity contribution in [2.24, 2.45) is 0 Å². The van der Waals surface area contributed by atoms with E-state index >= 15 is 0 Å². The van der Waals surface area contributed by atoms with Crippen LogP contribution in [0.25, 0.3) is 27.5 Å². The molecule has 1 aliphatic rings. The van der Waals surface area contributed by atoms with Gasteiger partial charge in [0.2, 0.25) is 0 Å². The quantitative estimate of drug-likeness (QED) is 0.212. The summed E-state index contributed by atoms with van der Waals surface area (Å²) in [4.78, 5) is 51.9. The Bertz CT molecular complexity index is 1910. The van der Waals surface area contributed by atoms with Gasteiger partial charge in [-0.3, -0.25) is 19.0 Å². The van der Waals surface area contributed by atoms with Crippen LogP contribution in [0.3, 0.4) is 0 Å². The first-order valence-corrected chi connectivity index (χ1v) is 14.4. The highest BCUT2D eigenvalue weighted by atomic mass is 35.5. The lowest BCUT2D eigenvalue weighted by Gasteiger charge is -2.24. The summed E-state index contributed by atoms with van der Waals surface area (Å²) in [7, 11) is 0. The average molecular weight is 600 g/mol. The number of rotatable bonds is 8. The molecule has 1 saturated heterocycles. The van der Waals surface area contributed by atoms with Crippen LogP contribution in [0.15, 0.2) is 76.7 Å². The van der Waals surface area contributed by atoms with Gasteiger partial charge in [-0.25, -0.2) is 9.97 Å². The molecule has 11 nitrogen and oxygen atoms in total. The maximum absolute atomic E-state index is 14.4. The first-order chi connectivity index (χ1) is 20.9. The van der Waals surface area contributed by atoms with Gasteiger partial charge in [0.15, 0.2) is 5.43 Å². The van der Waals surface area contributed by atoms with Crippen LogP contribution in [0.1, 0.15) is 35.4 Å². The minimum atomic E-state index is -0.593. The number of pyridine rings is 2. The molecule has 4 heterocycles. The molecular weight excluding hydrogens is 570 g/mol. The van der Waals surface area contributed by atoms with E-state index in [1.165, 1.54) is 23.2 Å². The number of hydrogen-bond acceptors (Lipinski definition) is 8. The molecule has 12 heteroatoms. The fourth-order valence-corrected chi connectivity index (χ4v) is 5.87. The van der Waals surface area contributed by atoms with Crippen molar-refractivity contribution in [2.45, 2.75) is 25.5 Å². The number of fused-ring (bicyclic) bond motifs is 2. The van der Waals surface area contributed by atoms with E-state index in [1.807, 2.05) is 25.1 Å². The van der Waals surface area contributed by atoms with Gasteiger partial charge in [0.1, 0.15) is 23.2 Å². The molecule has 2 unspecified atom stereocenters. The Morgan fingerprint density at radius 2 is 1.95 bits per heavy atom. The number of morpholine rings is 1. The van der Waals surface area contributed by atoms with Gasteiger partial charge in [-0.15, -0.1) is 0 Å². The second-order valence-electron chi connectivity index (χ2n) is 10.3. The number of nitrogens with one attached hydrogen (secondary N) is 4. The lowest BCUT2D eigenvalue weighted by atomic mass is 10.0. The lowest BCUT2D eigenvalue weighted by Crippen LogP contribution is -2.40. The van der Waals surface area contributed by atoms with Crippen LogP contribution in [0.5, 0.6) is 0 Å². The summed E-state index contributed by atoms with van der Waals surface area (Å²) in [5, 5.41) is 10.7. The zero-order valence-corrected chi connectivity index (χ0v) is 24.1.